The van der Waals surface area contributed by atoms with Crippen molar-refractivity contribution in [3.8, 4) is 28.7 Å². The van der Waals surface area contributed by atoms with E-state index in [4.69, 9.17) is 0 Å². The minimum atomic E-state index is -1.36. The largest absolute Gasteiger partial charge is 0.508 e. The summed E-state index contributed by atoms with van der Waals surface area (Å²) in [6.45, 7) is 1.70. The van der Waals surface area contributed by atoms with Gasteiger partial charge in [0, 0.05) is 17.9 Å². The number of aryl methyl sites for hydroxylation is 1. The van der Waals surface area contributed by atoms with Crippen LogP contribution in [0.15, 0.2) is 54.6 Å². The molecule has 0 unspecified atom stereocenters. The molecule has 0 radical (unpaired) electrons. The third-order valence-electron chi connectivity index (χ3n) is 7.48. The Bertz CT molecular complexity index is 1740. The Morgan fingerprint density at radius 2 is 1.13 bits per heavy atom. The molecule has 0 saturated heterocycles. The van der Waals surface area contributed by atoms with E-state index in [1.54, 1.807) is 19.1 Å². The van der Waals surface area contributed by atoms with E-state index in [9.17, 15) is 45.0 Å². The smallest absolute Gasteiger partial charge is 0.335 e. The molecule has 0 aliphatic heterocycles. The van der Waals surface area contributed by atoms with Crippen LogP contribution in [-0.4, -0.2) is 48.2 Å². The first kappa shape index (κ1) is 24.1. The maximum Gasteiger partial charge on any atom is 0.335 e. The van der Waals surface area contributed by atoms with Gasteiger partial charge in [-0.25, -0.2) is 4.79 Å². The summed E-state index contributed by atoms with van der Waals surface area (Å²) >= 11 is 0. The number of aromatic carboxylic acids is 1. The number of hydrogen-bond acceptors (Lipinski definition) is 8. The molecule has 4 aromatic carbocycles. The zero-order chi connectivity index (χ0) is 27.9. The number of phenolic OH excluding ortho intramolecular Hbond substituents is 5. The van der Waals surface area contributed by atoms with E-state index < -0.39 is 40.9 Å². The van der Waals surface area contributed by atoms with Gasteiger partial charge in [-0.05, 0) is 65.1 Å². The number of hydrogen-bond donors (Lipinski definition) is 6. The number of carbonyl (C=O) groups excluding carboxylic acids is 2. The summed E-state index contributed by atoms with van der Waals surface area (Å²) in [6, 6.07) is 11.9. The zero-order valence-electron chi connectivity index (χ0n) is 20.3. The second-order valence-corrected chi connectivity index (χ2v) is 9.80. The molecule has 0 amide bonds. The Morgan fingerprint density at radius 1 is 0.615 bits per heavy atom. The molecule has 2 atom stereocenters. The molecule has 2 aliphatic carbocycles. The van der Waals surface area contributed by atoms with Gasteiger partial charge in [-0.15, -0.1) is 0 Å². The van der Waals surface area contributed by atoms with Gasteiger partial charge in [0.1, 0.15) is 28.7 Å². The predicted octanol–water partition coefficient (Wildman–Crippen LogP) is 4.27. The number of fused-ring (bicyclic) bond motifs is 4. The summed E-state index contributed by atoms with van der Waals surface area (Å²) in [7, 11) is 0. The lowest BCUT2D eigenvalue weighted by molar-refractivity contribution is 0.0695. The van der Waals surface area contributed by atoms with Crippen molar-refractivity contribution in [2.75, 3.05) is 0 Å². The number of ketones is 2. The van der Waals surface area contributed by atoms with E-state index in [1.165, 1.54) is 30.3 Å². The highest BCUT2D eigenvalue weighted by molar-refractivity contribution is 6.18. The Labute approximate surface area is 220 Å². The Morgan fingerprint density at radius 3 is 1.77 bits per heavy atom. The highest BCUT2D eigenvalue weighted by atomic mass is 16.4. The van der Waals surface area contributed by atoms with Crippen molar-refractivity contribution in [3.05, 3.63) is 110 Å². The molecular weight excluding hydrogens is 504 g/mol. The Hall–Kier alpha value is -5.31. The Balaban J connectivity index is 1.80. The fourth-order valence-electron chi connectivity index (χ4n) is 6.05. The quantitative estimate of drug-likeness (QED) is 0.224. The van der Waals surface area contributed by atoms with Gasteiger partial charge < -0.3 is 30.6 Å². The van der Waals surface area contributed by atoms with E-state index in [0.717, 1.165) is 12.1 Å². The van der Waals surface area contributed by atoms with Crippen LogP contribution < -0.4 is 0 Å². The molecule has 4 aromatic rings. The van der Waals surface area contributed by atoms with Crippen LogP contribution >= 0.6 is 0 Å². The molecule has 9 heteroatoms. The zero-order valence-corrected chi connectivity index (χ0v) is 20.3. The van der Waals surface area contributed by atoms with Crippen LogP contribution in [0.5, 0.6) is 28.7 Å². The third-order valence-corrected chi connectivity index (χ3v) is 7.48. The fraction of sp³-hybridized carbons (Fsp3) is 0.100. The van der Waals surface area contributed by atoms with E-state index in [1.807, 2.05) is 0 Å². The van der Waals surface area contributed by atoms with Gasteiger partial charge in [-0.1, -0.05) is 18.2 Å². The van der Waals surface area contributed by atoms with Crippen molar-refractivity contribution in [1.29, 1.82) is 0 Å². The molecule has 6 rings (SSSR count). The molecule has 194 valence electrons. The van der Waals surface area contributed by atoms with E-state index in [-0.39, 0.29) is 61.8 Å². The first-order valence-electron chi connectivity index (χ1n) is 11.9. The van der Waals surface area contributed by atoms with Crippen molar-refractivity contribution in [1.82, 2.24) is 0 Å². The summed E-state index contributed by atoms with van der Waals surface area (Å²) in [5.41, 5.74) is 0.513. The maximum absolute atomic E-state index is 13.6. The number of aromatic hydroxyl groups is 5. The van der Waals surface area contributed by atoms with Crippen LogP contribution in [0, 0.1) is 6.92 Å². The highest BCUT2D eigenvalue weighted by Gasteiger charge is 2.46. The number of rotatable bonds is 2. The summed E-state index contributed by atoms with van der Waals surface area (Å²) in [5.74, 6) is -6.94. The molecule has 0 bridgehead atoms. The van der Waals surface area contributed by atoms with E-state index >= 15 is 0 Å². The summed E-state index contributed by atoms with van der Waals surface area (Å²) in [4.78, 5) is 39.1. The van der Waals surface area contributed by atoms with Crippen molar-refractivity contribution in [2.45, 2.75) is 18.8 Å². The second kappa shape index (κ2) is 8.09. The molecule has 6 N–H and O–H groups in total. The third kappa shape index (κ3) is 3.29. The molecule has 2 aliphatic rings. The van der Waals surface area contributed by atoms with Gasteiger partial charge in [0.15, 0.2) is 0 Å². The average Bonchev–Trinajstić information content (AvgIpc) is 2.84. The predicted molar refractivity (Wildman–Crippen MR) is 136 cm³/mol. The maximum atomic E-state index is 13.6. The lowest BCUT2D eigenvalue weighted by Crippen LogP contribution is -2.30. The van der Waals surface area contributed by atoms with E-state index in [2.05, 4.69) is 0 Å². The van der Waals surface area contributed by atoms with Crippen LogP contribution in [0.1, 0.15) is 81.9 Å². The topological polar surface area (TPSA) is 173 Å². The van der Waals surface area contributed by atoms with Crippen LogP contribution in [0.25, 0.3) is 0 Å². The van der Waals surface area contributed by atoms with Crippen LogP contribution in [0.2, 0.25) is 0 Å². The normalized spacial score (nSPS) is 17.2. The molecular formula is C30H20O9. The molecule has 39 heavy (non-hydrogen) atoms. The molecule has 0 aromatic heterocycles. The summed E-state index contributed by atoms with van der Waals surface area (Å²) in [6.07, 6.45) is 0. The standard InChI is InChI=1S/C30H20O9/c1-11-5-15-23(17-9-13(31)10-21(35)27(17)29(37)25(15)19(33)6-11)22-14-3-2-4-18(32)24(14)28(36)26-16(22)7-12(30(38)39)8-20(26)34/h2-10,22-23,31-35H,1H3,(H,38,39)/t22-,23-/m1/s1. The van der Waals surface area contributed by atoms with Gasteiger partial charge >= 0.3 is 5.97 Å². The van der Waals surface area contributed by atoms with E-state index in [0.29, 0.717) is 11.1 Å². The second-order valence-electron chi connectivity index (χ2n) is 9.80. The van der Waals surface area contributed by atoms with Crippen LogP contribution in [0.4, 0.5) is 0 Å². The Kier molecular flexibility index (Phi) is 4.99. The fourth-order valence-corrected chi connectivity index (χ4v) is 6.05. The minimum absolute atomic E-state index is 0.0992. The van der Waals surface area contributed by atoms with Gasteiger partial charge in [-0.2, -0.15) is 0 Å². The molecule has 0 spiro atoms. The van der Waals surface area contributed by atoms with Crippen LogP contribution in [-0.2, 0) is 0 Å². The van der Waals surface area contributed by atoms with Gasteiger partial charge in [0.05, 0.1) is 27.8 Å². The monoisotopic (exact) mass is 524 g/mol. The lowest BCUT2D eigenvalue weighted by Gasteiger charge is -2.38. The lowest BCUT2D eigenvalue weighted by atomic mass is 9.63. The average molecular weight is 524 g/mol. The SMILES string of the molecule is Cc1cc(O)c2c(c1)[C@@H]([C@@H]1c3cccc(O)c3C(=O)c3c(O)cc(C(=O)O)cc31)c1cc(O)cc(O)c1C2=O. The molecule has 0 saturated carbocycles. The van der Waals surface area contributed by atoms with Gasteiger partial charge in [0.2, 0.25) is 11.6 Å². The first-order valence-corrected chi connectivity index (χ1v) is 11.9. The van der Waals surface area contributed by atoms with Crippen molar-refractivity contribution in [2.24, 2.45) is 0 Å². The van der Waals surface area contributed by atoms with Gasteiger partial charge in [0.25, 0.3) is 0 Å². The minimum Gasteiger partial charge on any atom is -0.508 e. The van der Waals surface area contributed by atoms with Crippen molar-refractivity contribution >= 4 is 17.5 Å². The van der Waals surface area contributed by atoms with Crippen LogP contribution in [0.3, 0.4) is 0 Å². The number of carboxylic acid groups (broad SMARTS) is 1. The van der Waals surface area contributed by atoms with Gasteiger partial charge in [-0.3, -0.25) is 9.59 Å². The molecule has 0 fully saturated rings. The number of benzene rings is 4. The summed E-state index contributed by atoms with van der Waals surface area (Å²) < 4.78 is 0. The molecule has 0 heterocycles. The van der Waals surface area contributed by atoms with Crippen molar-refractivity contribution in [3.63, 3.8) is 0 Å². The number of carbonyl (C=O) groups is 3. The van der Waals surface area contributed by atoms with Crippen molar-refractivity contribution < 1.29 is 45.0 Å². The first-order chi connectivity index (χ1) is 18.5. The highest BCUT2D eigenvalue weighted by Crippen LogP contribution is 2.56. The number of carboxylic acids is 1. The summed E-state index contributed by atoms with van der Waals surface area (Å²) in [5, 5.41) is 63.4. The molecule has 9 nitrogen and oxygen atoms in total. The number of phenols is 5.